The summed E-state index contributed by atoms with van der Waals surface area (Å²) in [6.45, 7) is 3.39. The molecule has 0 atom stereocenters. The topological polar surface area (TPSA) is 61.3 Å². The maximum absolute atomic E-state index is 13.0. The van der Waals surface area contributed by atoms with Crippen molar-refractivity contribution in [1.82, 2.24) is 19.4 Å². The van der Waals surface area contributed by atoms with Crippen molar-refractivity contribution in [3.05, 3.63) is 73.7 Å². The first-order valence-corrected chi connectivity index (χ1v) is 10.2. The molecule has 1 aliphatic rings. The Bertz CT molecular complexity index is 1200. The summed E-state index contributed by atoms with van der Waals surface area (Å²) in [5.74, 6) is -0.0282. The van der Waals surface area contributed by atoms with Crippen molar-refractivity contribution in [1.29, 1.82) is 0 Å². The summed E-state index contributed by atoms with van der Waals surface area (Å²) in [6.07, 6.45) is 0. The van der Waals surface area contributed by atoms with E-state index in [1.807, 2.05) is 30.1 Å². The van der Waals surface area contributed by atoms with E-state index in [9.17, 15) is 9.59 Å². The molecule has 3 aromatic rings. The quantitative estimate of drug-likeness (QED) is 0.651. The summed E-state index contributed by atoms with van der Waals surface area (Å²) >= 11 is 11.7. The zero-order valence-corrected chi connectivity index (χ0v) is 17.6. The number of benzene rings is 2. The summed E-state index contributed by atoms with van der Waals surface area (Å²) in [6, 6.07) is 12.5. The molecule has 6 nitrogen and oxygen atoms in total. The number of carbonyl (C=O) groups excluding carboxylic acids is 1. The monoisotopic (exact) mass is 428 g/mol. The lowest BCUT2D eigenvalue weighted by atomic mass is 10.1. The fourth-order valence-electron chi connectivity index (χ4n) is 3.52. The molecule has 0 spiro atoms. The van der Waals surface area contributed by atoms with Gasteiger partial charge in [0.1, 0.15) is 0 Å². The molecule has 1 N–H and O–H groups in total. The van der Waals surface area contributed by atoms with E-state index >= 15 is 0 Å². The summed E-state index contributed by atoms with van der Waals surface area (Å²) in [4.78, 5) is 33.0. The molecule has 0 bridgehead atoms. The fraction of sp³-hybridized carbons (Fsp3) is 0.286. The maximum atomic E-state index is 13.0. The Morgan fingerprint density at radius 3 is 2.59 bits per heavy atom. The lowest BCUT2D eigenvalue weighted by Gasteiger charge is -2.32. The number of hydrogen-bond acceptors (Lipinski definition) is 4. The Labute approximate surface area is 178 Å². The van der Waals surface area contributed by atoms with E-state index in [2.05, 4.69) is 9.88 Å². The van der Waals surface area contributed by atoms with E-state index in [0.29, 0.717) is 39.3 Å². The zero-order chi connectivity index (χ0) is 20.5. The normalized spacial score (nSPS) is 15.0. The summed E-state index contributed by atoms with van der Waals surface area (Å²) in [7, 11) is 2.05. The minimum atomic E-state index is -0.206. The Kier molecular flexibility index (Phi) is 5.54. The lowest BCUT2D eigenvalue weighted by molar-refractivity contribution is 0.0664. The Morgan fingerprint density at radius 1 is 1.14 bits per heavy atom. The molecule has 2 aromatic carbocycles. The number of piperazine rings is 1. The first-order valence-electron chi connectivity index (χ1n) is 9.42. The average Bonchev–Trinajstić information content (AvgIpc) is 2.72. The van der Waals surface area contributed by atoms with E-state index in [1.54, 1.807) is 24.3 Å². The number of aromatic amines is 1. The van der Waals surface area contributed by atoms with Gasteiger partial charge in [0.25, 0.3) is 11.5 Å². The van der Waals surface area contributed by atoms with Crippen LogP contribution in [0.15, 0.2) is 47.3 Å². The number of hydrogen-bond donors (Lipinski definition) is 1. The minimum absolute atomic E-state index is 0.0282. The van der Waals surface area contributed by atoms with Crippen molar-refractivity contribution >= 4 is 40.6 Å². The van der Waals surface area contributed by atoms with Gasteiger partial charge in [-0.15, -0.1) is 0 Å². The number of carbonyl (C=O) groups is 1. The average molecular weight is 429 g/mol. The third-order valence-electron chi connectivity index (χ3n) is 5.31. The summed E-state index contributed by atoms with van der Waals surface area (Å²) in [5, 5.41) is 1.07. The molecule has 1 amide bonds. The Hall–Kier alpha value is -2.48. The molecular weight excluding hydrogens is 408 g/mol. The second-order valence-corrected chi connectivity index (χ2v) is 8.06. The van der Waals surface area contributed by atoms with Gasteiger partial charge in [-0.3, -0.25) is 14.2 Å². The van der Waals surface area contributed by atoms with E-state index in [1.165, 1.54) is 4.57 Å². The van der Waals surface area contributed by atoms with E-state index in [0.717, 1.165) is 18.7 Å². The van der Waals surface area contributed by atoms with Crippen LogP contribution in [0, 0.1) is 4.77 Å². The molecule has 2 heterocycles. The number of aromatic nitrogens is 2. The van der Waals surface area contributed by atoms with Crippen LogP contribution < -0.4 is 5.56 Å². The van der Waals surface area contributed by atoms with Crippen molar-refractivity contribution in [2.45, 2.75) is 6.54 Å². The molecule has 29 heavy (non-hydrogen) atoms. The van der Waals surface area contributed by atoms with Crippen molar-refractivity contribution in [2.24, 2.45) is 0 Å². The van der Waals surface area contributed by atoms with Gasteiger partial charge in [-0.1, -0.05) is 29.8 Å². The molecule has 4 rings (SSSR count). The number of nitrogens with zero attached hydrogens (tertiary/aromatic N) is 3. The summed E-state index contributed by atoms with van der Waals surface area (Å²) < 4.78 is 1.78. The third kappa shape index (κ3) is 3.99. The number of H-pyrrole nitrogens is 1. The SMILES string of the molecule is CN1CCN(C(=O)c2ccc3c(=O)n(Cc4ccccc4Cl)c(=S)[nH]c3c2)CC1. The van der Waals surface area contributed by atoms with Crippen LogP contribution in [0.4, 0.5) is 0 Å². The molecule has 0 radical (unpaired) electrons. The van der Waals surface area contributed by atoms with Gasteiger partial charge in [0.2, 0.25) is 0 Å². The van der Waals surface area contributed by atoms with Crippen LogP contribution in [0.5, 0.6) is 0 Å². The number of rotatable bonds is 3. The van der Waals surface area contributed by atoms with Gasteiger partial charge in [0.05, 0.1) is 17.4 Å². The highest BCUT2D eigenvalue weighted by Crippen LogP contribution is 2.17. The van der Waals surface area contributed by atoms with Gasteiger partial charge in [-0.25, -0.2) is 0 Å². The highest BCUT2D eigenvalue weighted by molar-refractivity contribution is 7.71. The summed E-state index contributed by atoms with van der Waals surface area (Å²) in [5.41, 5.74) is 1.73. The van der Waals surface area contributed by atoms with E-state index in [4.69, 9.17) is 23.8 Å². The van der Waals surface area contributed by atoms with Gasteiger partial charge in [0.15, 0.2) is 4.77 Å². The standard InChI is InChI=1S/C21H21ClN4O2S/c1-24-8-10-25(11-9-24)19(27)14-6-7-16-18(12-14)23-21(29)26(20(16)28)13-15-4-2-3-5-17(15)22/h2-7,12H,8-11,13H2,1H3,(H,23,29). The smallest absolute Gasteiger partial charge is 0.262 e. The van der Waals surface area contributed by atoms with Crippen LogP contribution in [0.1, 0.15) is 15.9 Å². The zero-order valence-electron chi connectivity index (χ0n) is 16.0. The van der Waals surface area contributed by atoms with Crippen LogP contribution in [0.3, 0.4) is 0 Å². The van der Waals surface area contributed by atoms with Gasteiger partial charge in [-0.05, 0) is 49.1 Å². The molecule has 1 fully saturated rings. The number of likely N-dealkylation sites (N-methyl/N-ethyl adjacent to an activating group) is 1. The second kappa shape index (κ2) is 8.10. The third-order valence-corrected chi connectivity index (χ3v) is 6.00. The molecular formula is C21H21ClN4O2S. The van der Waals surface area contributed by atoms with Gasteiger partial charge >= 0.3 is 0 Å². The molecule has 1 aliphatic heterocycles. The first kappa shape index (κ1) is 19.8. The van der Waals surface area contributed by atoms with Gasteiger partial charge in [0, 0.05) is 36.8 Å². The molecule has 1 aromatic heterocycles. The Balaban J connectivity index is 1.69. The van der Waals surface area contributed by atoms with E-state index in [-0.39, 0.29) is 18.0 Å². The van der Waals surface area contributed by atoms with Crippen LogP contribution in [0.25, 0.3) is 10.9 Å². The van der Waals surface area contributed by atoms with Crippen molar-refractivity contribution in [3.63, 3.8) is 0 Å². The number of fused-ring (bicyclic) bond motifs is 1. The predicted molar refractivity (Wildman–Crippen MR) is 117 cm³/mol. The van der Waals surface area contributed by atoms with Crippen LogP contribution >= 0.6 is 23.8 Å². The molecule has 0 aliphatic carbocycles. The fourth-order valence-corrected chi connectivity index (χ4v) is 3.97. The number of amides is 1. The second-order valence-electron chi connectivity index (χ2n) is 7.27. The van der Waals surface area contributed by atoms with Crippen LogP contribution in [0.2, 0.25) is 5.02 Å². The van der Waals surface area contributed by atoms with Crippen molar-refractivity contribution in [3.8, 4) is 0 Å². The minimum Gasteiger partial charge on any atom is -0.336 e. The van der Waals surface area contributed by atoms with Gasteiger partial charge < -0.3 is 14.8 Å². The highest BCUT2D eigenvalue weighted by Gasteiger charge is 2.21. The van der Waals surface area contributed by atoms with E-state index < -0.39 is 0 Å². The maximum Gasteiger partial charge on any atom is 0.262 e. The molecule has 150 valence electrons. The van der Waals surface area contributed by atoms with Crippen molar-refractivity contribution < 1.29 is 4.79 Å². The number of nitrogens with one attached hydrogen (secondary N) is 1. The molecule has 0 unspecified atom stereocenters. The predicted octanol–water partition coefficient (Wildman–Crippen LogP) is 3.15. The molecule has 8 heteroatoms. The molecule has 1 saturated heterocycles. The van der Waals surface area contributed by atoms with Gasteiger partial charge in [-0.2, -0.15) is 0 Å². The highest BCUT2D eigenvalue weighted by atomic mass is 35.5. The molecule has 0 saturated carbocycles. The van der Waals surface area contributed by atoms with Crippen LogP contribution in [-0.4, -0.2) is 58.5 Å². The first-order chi connectivity index (χ1) is 13.9. The number of halogens is 1. The lowest BCUT2D eigenvalue weighted by Crippen LogP contribution is -2.47. The van der Waals surface area contributed by atoms with Crippen LogP contribution in [-0.2, 0) is 6.54 Å². The Morgan fingerprint density at radius 2 is 1.86 bits per heavy atom. The van der Waals surface area contributed by atoms with Crippen molar-refractivity contribution in [2.75, 3.05) is 33.2 Å². The largest absolute Gasteiger partial charge is 0.336 e.